The van der Waals surface area contributed by atoms with E-state index in [0.717, 1.165) is 28.3 Å². The van der Waals surface area contributed by atoms with Crippen molar-refractivity contribution in [3.8, 4) is 17.0 Å². The average Bonchev–Trinajstić information content (AvgIpc) is 2.99. The number of nitrogens with zero attached hydrogens (tertiary/aromatic N) is 2. The van der Waals surface area contributed by atoms with Crippen LogP contribution in [0.3, 0.4) is 0 Å². The summed E-state index contributed by atoms with van der Waals surface area (Å²) in [6.07, 6.45) is 1.69. The van der Waals surface area contributed by atoms with Crippen LogP contribution in [0.4, 0.5) is 5.69 Å². The molecule has 1 aliphatic heterocycles. The van der Waals surface area contributed by atoms with E-state index in [0.29, 0.717) is 12.1 Å². The summed E-state index contributed by atoms with van der Waals surface area (Å²) in [7, 11) is 1.64. The van der Waals surface area contributed by atoms with Gasteiger partial charge in [-0.25, -0.2) is 0 Å². The lowest BCUT2D eigenvalue weighted by atomic mass is 10.0. The Balaban J connectivity index is 1.79. The summed E-state index contributed by atoms with van der Waals surface area (Å²) < 4.78 is 5.30. The van der Waals surface area contributed by atoms with Gasteiger partial charge < -0.3 is 9.64 Å². The predicted octanol–water partition coefficient (Wildman–Crippen LogP) is 3.92. The maximum absolute atomic E-state index is 12.8. The summed E-state index contributed by atoms with van der Waals surface area (Å²) in [6.45, 7) is 0.526. The Bertz CT molecular complexity index is 907. The zero-order valence-corrected chi connectivity index (χ0v) is 13.3. The Hall–Kier alpha value is -3.14. The van der Waals surface area contributed by atoms with Gasteiger partial charge in [-0.15, -0.1) is 0 Å². The first-order valence-electron chi connectivity index (χ1n) is 7.77. The number of aromatic nitrogens is 1. The highest BCUT2D eigenvalue weighted by atomic mass is 16.5. The smallest absolute Gasteiger partial charge is 0.259 e. The van der Waals surface area contributed by atoms with Gasteiger partial charge in [0.15, 0.2) is 0 Å². The molecule has 4 rings (SSSR count). The fourth-order valence-corrected chi connectivity index (χ4v) is 3.06. The number of hydrogen-bond acceptors (Lipinski definition) is 3. The number of carbonyl (C=O) groups is 1. The van der Waals surface area contributed by atoms with Gasteiger partial charge in [-0.1, -0.05) is 30.3 Å². The summed E-state index contributed by atoms with van der Waals surface area (Å²) in [4.78, 5) is 19.1. The molecule has 4 nitrogen and oxygen atoms in total. The van der Waals surface area contributed by atoms with Crippen LogP contribution in [0.5, 0.6) is 5.75 Å². The second kappa shape index (κ2) is 5.81. The average molecular weight is 316 g/mol. The highest BCUT2D eigenvalue weighted by Gasteiger charge is 2.31. The normalized spacial score (nSPS) is 13.0. The van der Waals surface area contributed by atoms with E-state index in [9.17, 15) is 4.79 Å². The molecule has 0 spiro atoms. The van der Waals surface area contributed by atoms with E-state index in [1.54, 1.807) is 24.3 Å². The minimum Gasteiger partial charge on any atom is -0.497 e. The molecule has 4 heteroatoms. The van der Waals surface area contributed by atoms with E-state index >= 15 is 0 Å². The lowest BCUT2D eigenvalue weighted by Crippen LogP contribution is -2.22. The van der Waals surface area contributed by atoms with Crippen LogP contribution in [0.25, 0.3) is 11.3 Å². The molecule has 0 unspecified atom stereocenters. The molecule has 0 N–H and O–H groups in total. The number of anilines is 1. The summed E-state index contributed by atoms with van der Waals surface area (Å²) in [5.41, 5.74) is 4.36. The zero-order chi connectivity index (χ0) is 16.5. The standard InChI is InChI=1S/C20H16N2O2/c1-24-16-9-5-6-14(12-16)19-18-13-22(15-7-3-2-4-8-15)20(23)17(18)10-11-21-19/h2-12H,13H2,1H3. The monoisotopic (exact) mass is 316 g/mol. The molecule has 118 valence electrons. The number of amides is 1. The Morgan fingerprint density at radius 3 is 2.67 bits per heavy atom. The van der Waals surface area contributed by atoms with Crippen molar-refractivity contribution in [3.63, 3.8) is 0 Å². The van der Waals surface area contributed by atoms with Gasteiger partial charge in [0, 0.05) is 28.6 Å². The van der Waals surface area contributed by atoms with Crippen LogP contribution < -0.4 is 9.64 Å². The summed E-state index contributed by atoms with van der Waals surface area (Å²) in [6, 6.07) is 19.3. The quantitative estimate of drug-likeness (QED) is 0.735. The Kier molecular flexibility index (Phi) is 3.50. The second-order valence-corrected chi connectivity index (χ2v) is 5.64. The molecular formula is C20H16N2O2. The molecule has 1 amide bonds. The largest absolute Gasteiger partial charge is 0.497 e. The van der Waals surface area contributed by atoms with Crippen LogP contribution in [0.1, 0.15) is 15.9 Å². The summed E-state index contributed by atoms with van der Waals surface area (Å²) >= 11 is 0. The minimum atomic E-state index is 0.0164. The molecule has 0 radical (unpaired) electrons. The number of carbonyl (C=O) groups excluding carboxylic acids is 1. The van der Waals surface area contributed by atoms with Crippen molar-refractivity contribution in [2.75, 3.05) is 12.0 Å². The SMILES string of the molecule is COc1cccc(-c2nccc3c2CN(c2ccccc2)C3=O)c1. The van der Waals surface area contributed by atoms with E-state index in [-0.39, 0.29) is 5.91 Å². The number of methoxy groups -OCH3 is 1. The molecule has 1 aromatic heterocycles. The topological polar surface area (TPSA) is 42.4 Å². The van der Waals surface area contributed by atoms with Crippen LogP contribution in [-0.2, 0) is 6.54 Å². The van der Waals surface area contributed by atoms with Gasteiger partial charge in [0.2, 0.25) is 0 Å². The Morgan fingerprint density at radius 2 is 1.88 bits per heavy atom. The maximum Gasteiger partial charge on any atom is 0.259 e. The van der Waals surface area contributed by atoms with Gasteiger partial charge in [0.05, 0.1) is 19.3 Å². The van der Waals surface area contributed by atoms with Gasteiger partial charge in [0.1, 0.15) is 5.75 Å². The number of para-hydroxylation sites is 1. The molecule has 3 aromatic rings. The van der Waals surface area contributed by atoms with Crippen molar-refractivity contribution in [2.24, 2.45) is 0 Å². The fourth-order valence-electron chi connectivity index (χ4n) is 3.06. The third-order valence-corrected chi connectivity index (χ3v) is 4.26. The zero-order valence-electron chi connectivity index (χ0n) is 13.3. The van der Waals surface area contributed by atoms with E-state index in [2.05, 4.69) is 4.98 Å². The highest BCUT2D eigenvalue weighted by Crippen LogP contribution is 2.34. The van der Waals surface area contributed by atoms with Crippen molar-refractivity contribution in [1.29, 1.82) is 0 Å². The van der Waals surface area contributed by atoms with E-state index in [4.69, 9.17) is 4.74 Å². The van der Waals surface area contributed by atoms with Gasteiger partial charge in [-0.05, 0) is 30.3 Å². The van der Waals surface area contributed by atoms with Gasteiger partial charge in [0.25, 0.3) is 5.91 Å². The first-order valence-corrected chi connectivity index (χ1v) is 7.77. The number of rotatable bonds is 3. The molecule has 0 aliphatic carbocycles. The van der Waals surface area contributed by atoms with Crippen molar-refractivity contribution < 1.29 is 9.53 Å². The molecule has 24 heavy (non-hydrogen) atoms. The lowest BCUT2D eigenvalue weighted by Gasteiger charge is -2.15. The lowest BCUT2D eigenvalue weighted by molar-refractivity contribution is 0.0996. The van der Waals surface area contributed by atoms with Crippen LogP contribution in [-0.4, -0.2) is 18.0 Å². The van der Waals surface area contributed by atoms with Crippen LogP contribution >= 0.6 is 0 Å². The molecule has 0 saturated carbocycles. The third-order valence-electron chi connectivity index (χ3n) is 4.26. The van der Waals surface area contributed by atoms with Crippen LogP contribution in [0.2, 0.25) is 0 Å². The van der Waals surface area contributed by atoms with Gasteiger partial charge in [-0.2, -0.15) is 0 Å². The number of fused-ring (bicyclic) bond motifs is 1. The highest BCUT2D eigenvalue weighted by molar-refractivity contribution is 6.11. The third kappa shape index (κ3) is 2.33. The predicted molar refractivity (Wildman–Crippen MR) is 93.2 cm³/mol. The van der Waals surface area contributed by atoms with E-state index < -0.39 is 0 Å². The molecule has 0 bridgehead atoms. The Labute approximate surface area is 140 Å². The van der Waals surface area contributed by atoms with Gasteiger partial charge in [-0.3, -0.25) is 9.78 Å². The summed E-state index contributed by atoms with van der Waals surface area (Å²) in [5.74, 6) is 0.791. The molecule has 2 aromatic carbocycles. The first-order chi connectivity index (χ1) is 11.8. The molecule has 2 heterocycles. The van der Waals surface area contributed by atoms with Crippen molar-refractivity contribution in [2.45, 2.75) is 6.54 Å². The molecular weight excluding hydrogens is 300 g/mol. The van der Waals surface area contributed by atoms with E-state index in [1.807, 2.05) is 54.6 Å². The number of ether oxygens (including phenoxy) is 1. The van der Waals surface area contributed by atoms with Crippen LogP contribution in [0.15, 0.2) is 66.9 Å². The van der Waals surface area contributed by atoms with Crippen molar-refractivity contribution >= 4 is 11.6 Å². The number of pyridine rings is 1. The minimum absolute atomic E-state index is 0.0164. The van der Waals surface area contributed by atoms with Crippen molar-refractivity contribution in [1.82, 2.24) is 4.98 Å². The second-order valence-electron chi connectivity index (χ2n) is 5.64. The fraction of sp³-hybridized carbons (Fsp3) is 0.100. The number of benzene rings is 2. The molecule has 0 atom stereocenters. The molecule has 0 fully saturated rings. The number of hydrogen-bond donors (Lipinski definition) is 0. The Morgan fingerprint density at radius 1 is 1.04 bits per heavy atom. The maximum atomic E-state index is 12.8. The van der Waals surface area contributed by atoms with Crippen molar-refractivity contribution in [3.05, 3.63) is 78.0 Å². The first kappa shape index (κ1) is 14.5. The molecule has 0 saturated heterocycles. The molecule has 1 aliphatic rings. The van der Waals surface area contributed by atoms with Gasteiger partial charge >= 0.3 is 0 Å². The van der Waals surface area contributed by atoms with E-state index in [1.165, 1.54) is 0 Å². The summed E-state index contributed by atoms with van der Waals surface area (Å²) in [5, 5.41) is 0. The van der Waals surface area contributed by atoms with Crippen LogP contribution in [0, 0.1) is 0 Å².